The van der Waals surface area contributed by atoms with Crippen molar-refractivity contribution in [3.8, 4) is 22.6 Å². The van der Waals surface area contributed by atoms with Crippen LogP contribution in [0.15, 0.2) is 48.5 Å². The van der Waals surface area contributed by atoms with E-state index in [1.807, 2.05) is 31.2 Å². The van der Waals surface area contributed by atoms with E-state index in [2.05, 4.69) is 31.2 Å². The first-order valence-electron chi connectivity index (χ1n) is 10.8. The van der Waals surface area contributed by atoms with Crippen molar-refractivity contribution in [2.45, 2.75) is 77.9 Å². The second kappa shape index (κ2) is 12.5. The summed E-state index contributed by atoms with van der Waals surface area (Å²) < 4.78 is 11.7. The molecule has 3 heteroatoms. The molecule has 0 amide bonds. The Kier molecular flexibility index (Phi) is 9.92. The minimum atomic E-state index is -0.351. The fourth-order valence-corrected chi connectivity index (χ4v) is 3.30. The summed E-state index contributed by atoms with van der Waals surface area (Å²) in [5.74, 6) is 1.76. The van der Waals surface area contributed by atoms with Crippen molar-refractivity contribution < 1.29 is 14.6 Å². The summed E-state index contributed by atoms with van der Waals surface area (Å²) in [6.07, 6.45) is 7.94. The molecule has 0 saturated heterocycles. The Labute approximate surface area is 170 Å². The van der Waals surface area contributed by atoms with Crippen LogP contribution in [0.25, 0.3) is 11.1 Å². The molecule has 2 aromatic carbocycles. The summed E-state index contributed by atoms with van der Waals surface area (Å²) in [5, 5.41) is 9.44. The van der Waals surface area contributed by atoms with Crippen LogP contribution in [-0.2, 0) is 0 Å². The van der Waals surface area contributed by atoms with Gasteiger partial charge in [-0.25, -0.2) is 0 Å². The number of aliphatic hydroxyl groups excluding tert-OH is 1. The van der Waals surface area contributed by atoms with Gasteiger partial charge in [-0.1, -0.05) is 63.3 Å². The van der Waals surface area contributed by atoms with E-state index in [1.54, 1.807) is 6.92 Å². The van der Waals surface area contributed by atoms with E-state index < -0.39 is 0 Å². The van der Waals surface area contributed by atoms with Gasteiger partial charge in [0.1, 0.15) is 11.5 Å². The monoisotopic (exact) mass is 384 g/mol. The molecule has 0 radical (unpaired) electrons. The maximum Gasteiger partial charge on any atom is 0.119 e. The summed E-state index contributed by atoms with van der Waals surface area (Å²) >= 11 is 0. The Morgan fingerprint density at radius 3 is 1.86 bits per heavy atom. The van der Waals surface area contributed by atoms with E-state index in [-0.39, 0.29) is 12.2 Å². The van der Waals surface area contributed by atoms with Crippen LogP contribution in [0.5, 0.6) is 11.5 Å². The van der Waals surface area contributed by atoms with Gasteiger partial charge in [0.05, 0.1) is 18.8 Å². The smallest absolute Gasteiger partial charge is 0.119 e. The molecule has 28 heavy (non-hydrogen) atoms. The lowest BCUT2D eigenvalue weighted by atomic mass is 10.1. The van der Waals surface area contributed by atoms with Crippen molar-refractivity contribution in [3.05, 3.63) is 48.5 Å². The number of ether oxygens (including phenoxy) is 2. The molecule has 0 unspecified atom stereocenters. The Hall–Kier alpha value is -2.00. The molecule has 2 rings (SSSR count). The third-order valence-electron chi connectivity index (χ3n) is 4.82. The number of aliphatic hydroxyl groups is 1. The number of hydrogen-bond acceptors (Lipinski definition) is 3. The molecule has 0 aliphatic carbocycles. The second-order valence-electron chi connectivity index (χ2n) is 7.68. The Morgan fingerprint density at radius 2 is 1.29 bits per heavy atom. The Balaban J connectivity index is 1.78. The molecule has 0 bridgehead atoms. The number of hydrogen-bond donors (Lipinski definition) is 1. The van der Waals surface area contributed by atoms with E-state index in [9.17, 15) is 5.11 Å². The first-order valence-corrected chi connectivity index (χ1v) is 10.8. The van der Waals surface area contributed by atoms with Crippen LogP contribution in [0, 0.1) is 0 Å². The minimum Gasteiger partial charge on any atom is -0.494 e. The zero-order valence-electron chi connectivity index (χ0n) is 17.7. The largest absolute Gasteiger partial charge is 0.494 e. The molecule has 1 N–H and O–H groups in total. The summed E-state index contributed by atoms with van der Waals surface area (Å²) in [4.78, 5) is 0. The zero-order chi connectivity index (χ0) is 20.2. The van der Waals surface area contributed by atoms with Crippen molar-refractivity contribution in [1.29, 1.82) is 0 Å². The molecule has 0 aliphatic rings. The second-order valence-corrected chi connectivity index (χ2v) is 7.68. The van der Waals surface area contributed by atoms with Gasteiger partial charge in [0.2, 0.25) is 0 Å². The average Bonchev–Trinajstić information content (AvgIpc) is 2.68. The molecule has 0 saturated carbocycles. The Morgan fingerprint density at radius 1 is 0.750 bits per heavy atom. The van der Waals surface area contributed by atoms with Gasteiger partial charge in [-0.05, 0) is 55.7 Å². The SMILES string of the molecule is CCCCCCCCOc1ccc(-c2ccc(O[C@@H](C)C[C@H](C)O)cc2)cc1. The van der Waals surface area contributed by atoms with Crippen molar-refractivity contribution in [1.82, 2.24) is 0 Å². The first-order chi connectivity index (χ1) is 13.6. The van der Waals surface area contributed by atoms with E-state index in [4.69, 9.17) is 9.47 Å². The van der Waals surface area contributed by atoms with E-state index >= 15 is 0 Å². The highest BCUT2D eigenvalue weighted by Crippen LogP contribution is 2.25. The van der Waals surface area contributed by atoms with Crippen LogP contribution in [0.2, 0.25) is 0 Å². The number of benzene rings is 2. The standard InChI is InChI=1S/C25H36O3/c1-4-5-6-7-8-9-18-27-24-14-10-22(11-15-24)23-12-16-25(17-13-23)28-21(3)19-20(2)26/h10-17,20-21,26H,4-9,18-19H2,1-3H3/t20-,21-/m0/s1. The van der Waals surface area contributed by atoms with Gasteiger partial charge in [0.25, 0.3) is 0 Å². The van der Waals surface area contributed by atoms with Crippen molar-refractivity contribution in [2.75, 3.05) is 6.61 Å². The van der Waals surface area contributed by atoms with E-state index in [1.165, 1.54) is 32.1 Å². The molecule has 0 aliphatic heterocycles. The van der Waals surface area contributed by atoms with Crippen molar-refractivity contribution in [2.24, 2.45) is 0 Å². The average molecular weight is 385 g/mol. The highest BCUT2D eigenvalue weighted by Gasteiger charge is 2.08. The van der Waals surface area contributed by atoms with Gasteiger partial charge < -0.3 is 14.6 Å². The summed E-state index contributed by atoms with van der Waals surface area (Å²) in [5.41, 5.74) is 2.31. The van der Waals surface area contributed by atoms with Crippen LogP contribution >= 0.6 is 0 Å². The fraction of sp³-hybridized carbons (Fsp3) is 0.520. The molecule has 0 aromatic heterocycles. The number of rotatable bonds is 13. The third kappa shape index (κ3) is 8.35. The normalized spacial score (nSPS) is 13.1. The molecule has 0 fully saturated rings. The maximum atomic E-state index is 9.44. The molecule has 154 valence electrons. The van der Waals surface area contributed by atoms with Crippen molar-refractivity contribution in [3.63, 3.8) is 0 Å². The zero-order valence-corrected chi connectivity index (χ0v) is 17.7. The molecule has 0 spiro atoms. The molecule has 2 atom stereocenters. The van der Waals surface area contributed by atoms with E-state index in [0.717, 1.165) is 35.7 Å². The summed E-state index contributed by atoms with van der Waals surface area (Å²) in [6.45, 7) is 6.80. The molecular formula is C25H36O3. The lowest BCUT2D eigenvalue weighted by Gasteiger charge is -2.16. The Bertz CT molecular complexity index is 646. The van der Waals surface area contributed by atoms with Crippen LogP contribution in [0.4, 0.5) is 0 Å². The minimum absolute atomic E-state index is 0.00562. The molecule has 0 heterocycles. The predicted molar refractivity (Wildman–Crippen MR) is 117 cm³/mol. The molecule has 2 aromatic rings. The lowest BCUT2D eigenvalue weighted by molar-refractivity contribution is 0.115. The lowest BCUT2D eigenvalue weighted by Crippen LogP contribution is -2.18. The van der Waals surface area contributed by atoms with Gasteiger partial charge in [0.15, 0.2) is 0 Å². The van der Waals surface area contributed by atoms with Crippen LogP contribution in [-0.4, -0.2) is 23.9 Å². The highest BCUT2D eigenvalue weighted by atomic mass is 16.5. The fourth-order valence-electron chi connectivity index (χ4n) is 3.30. The van der Waals surface area contributed by atoms with Gasteiger partial charge in [-0.3, -0.25) is 0 Å². The highest BCUT2D eigenvalue weighted by molar-refractivity contribution is 5.64. The third-order valence-corrected chi connectivity index (χ3v) is 4.82. The van der Waals surface area contributed by atoms with Crippen LogP contribution in [0.3, 0.4) is 0 Å². The summed E-state index contributed by atoms with van der Waals surface area (Å²) in [6, 6.07) is 16.4. The topological polar surface area (TPSA) is 38.7 Å². The maximum absolute atomic E-state index is 9.44. The van der Waals surface area contributed by atoms with Gasteiger partial charge in [-0.15, -0.1) is 0 Å². The number of unbranched alkanes of at least 4 members (excludes halogenated alkanes) is 5. The summed E-state index contributed by atoms with van der Waals surface area (Å²) in [7, 11) is 0. The van der Waals surface area contributed by atoms with E-state index in [0.29, 0.717) is 6.42 Å². The predicted octanol–water partition coefficient (Wildman–Crippen LogP) is 6.63. The van der Waals surface area contributed by atoms with Gasteiger partial charge in [0, 0.05) is 6.42 Å². The van der Waals surface area contributed by atoms with Gasteiger partial charge in [-0.2, -0.15) is 0 Å². The van der Waals surface area contributed by atoms with Crippen LogP contribution < -0.4 is 9.47 Å². The molecular weight excluding hydrogens is 348 g/mol. The van der Waals surface area contributed by atoms with Crippen molar-refractivity contribution >= 4 is 0 Å². The first kappa shape index (κ1) is 22.3. The quantitative estimate of drug-likeness (QED) is 0.394. The van der Waals surface area contributed by atoms with Crippen LogP contribution in [0.1, 0.15) is 65.7 Å². The van der Waals surface area contributed by atoms with Gasteiger partial charge >= 0.3 is 0 Å². The molecule has 3 nitrogen and oxygen atoms in total.